The van der Waals surface area contributed by atoms with E-state index in [1.807, 2.05) is 0 Å². The number of hydrogen-bond donors (Lipinski definition) is 2. The SMILES string of the molecule is Cc1cc(=O)n(S)[nH]1. The molecule has 3 nitrogen and oxygen atoms in total. The standard InChI is InChI=1S/C4H6N2OS/c1-3-2-4(7)6(8)5-3/h2,5,8H,1H3. The van der Waals surface area contributed by atoms with Crippen LogP contribution in [0, 0.1) is 6.92 Å². The molecule has 0 aromatic carbocycles. The lowest BCUT2D eigenvalue weighted by Gasteiger charge is -1.81. The van der Waals surface area contributed by atoms with E-state index in [-0.39, 0.29) is 5.56 Å². The molecule has 1 aromatic rings. The van der Waals surface area contributed by atoms with Crippen LogP contribution < -0.4 is 5.56 Å². The summed E-state index contributed by atoms with van der Waals surface area (Å²) in [5.41, 5.74) is 0.704. The van der Waals surface area contributed by atoms with Gasteiger partial charge in [0.1, 0.15) is 0 Å². The molecule has 0 bridgehead atoms. The summed E-state index contributed by atoms with van der Waals surface area (Å²) in [6.07, 6.45) is 0. The second-order valence-electron chi connectivity index (χ2n) is 1.59. The van der Waals surface area contributed by atoms with Crippen molar-refractivity contribution in [1.29, 1.82) is 0 Å². The van der Waals surface area contributed by atoms with E-state index in [2.05, 4.69) is 17.9 Å². The van der Waals surface area contributed by atoms with Crippen LogP contribution in [0.5, 0.6) is 0 Å². The molecule has 1 heterocycles. The van der Waals surface area contributed by atoms with Crippen molar-refractivity contribution in [2.75, 3.05) is 0 Å². The van der Waals surface area contributed by atoms with Gasteiger partial charge in [-0.05, 0) is 19.7 Å². The summed E-state index contributed by atoms with van der Waals surface area (Å²) >= 11 is 3.77. The fourth-order valence-electron chi connectivity index (χ4n) is 0.501. The largest absolute Gasteiger partial charge is 0.290 e. The topological polar surface area (TPSA) is 37.8 Å². The molecule has 44 valence electrons. The average molecular weight is 130 g/mol. The van der Waals surface area contributed by atoms with Crippen molar-refractivity contribution in [2.24, 2.45) is 0 Å². The Labute approximate surface area is 51.9 Å². The Kier molecular flexibility index (Phi) is 1.17. The lowest BCUT2D eigenvalue weighted by molar-refractivity contribution is 0.960. The van der Waals surface area contributed by atoms with Crippen LogP contribution >= 0.6 is 12.8 Å². The number of hydrogen-bond acceptors (Lipinski definition) is 2. The van der Waals surface area contributed by atoms with Crippen LogP contribution in [-0.2, 0) is 0 Å². The van der Waals surface area contributed by atoms with Crippen LogP contribution in [0.2, 0.25) is 0 Å². The number of aromatic amines is 1. The van der Waals surface area contributed by atoms with Crippen LogP contribution in [0.3, 0.4) is 0 Å². The fraction of sp³-hybridized carbons (Fsp3) is 0.250. The number of nitrogens with zero attached hydrogens (tertiary/aromatic N) is 1. The number of nitrogens with one attached hydrogen (secondary N) is 1. The summed E-state index contributed by atoms with van der Waals surface area (Å²) in [5, 5.41) is 2.68. The zero-order valence-electron chi connectivity index (χ0n) is 4.38. The first-order chi connectivity index (χ1) is 3.70. The quantitative estimate of drug-likeness (QED) is 0.483. The van der Waals surface area contributed by atoms with Gasteiger partial charge in [0, 0.05) is 11.8 Å². The van der Waals surface area contributed by atoms with Crippen LogP contribution in [-0.4, -0.2) is 9.19 Å². The molecule has 0 spiro atoms. The molecule has 0 atom stereocenters. The maximum Gasteiger partial charge on any atom is 0.276 e. The molecule has 0 saturated carbocycles. The first-order valence-corrected chi connectivity index (χ1v) is 2.58. The van der Waals surface area contributed by atoms with Crippen LogP contribution in [0.25, 0.3) is 0 Å². The predicted octanol–water partition coefficient (Wildman–Crippen LogP) is 0.178. The molecule has 1 rings (SSSR count). The molecule has 4 heteroatoms. The fourth-order valence-corrected chi connectivity index (χ4v) is 0.716. The minimum absolute atomic E-state index is 0.120. The minimum atomic E-state index is -0.120. The van der Waals surface area contributed by atoms with E-state index < -0.39 is 0 Å². The van der Waals surface area contributed by atoms with Gasteiger partial charge in [-0.1, -0.05) is 0 Å². The molecule has 1 N–H and O–H groups in total. The van der Waals surface area contributed by atoms with Crippen molar-refractivity contribution < 1.29 is 0 Å². The third-order valence-corrected chi connectivity index (χ3v) is 1.13. The van der Waals surface area contributed by atoms with Gasteiger partial charge in [-0.3, -0.25) is 9.89 Å². The van der Waals surface area contributed by atoms with E-state index in [1.54, 1.807) is 6.92 Å². The Morgan fingerprint density at radius 1 is 1.88 bits per heavy atom. The van der Waals surface area contributed by atoms with Crippen molar-refractivity contribution in [1.82, 2.24) is 9.19 Å². The van der Waals surface area contributed by atoms with Gasteiger partial charge < -0.3 is 0 Å². The Bertz CT molecular complexity index is 236. The van der Waals surface area contributed by atoms with Gasteiger partial charge >= 0.3 is 0 Å². The summed E-state index contributed by atoms with van der Waals surface area (Å²) in [7, 11) is 0. The van der Waals surface area contributed by atoms with Crippen LogP contribution in [0.15, 0.2) is 10.9 Å². The first kappa shape index (κ1) is 5.50. The van der Waals surface area contributed by atoms with E-state index in [9.17, 15) is 4.79 Å². The molecule has 0 radical (unpaired) electrons. The number of rotatable bonds is 0. The van der Waals surface area contributed by atoms with Gasteiger partial charge in [0.15, 0.2) is 0 Å². The zero-order valence-corrected chi connectivity index (χ0v) is 5.27. The number of aromatic nitrogens is 2. The third-order valence-electron chi connectivity index (χ3n) is 0.831. The van der Waals surface area contributed by atoms with Crippen LogP contribution in [0.4, 0.5) is 0 Å². The van der Waals surface area contributed by atoms with Gasteiger partial charge in [0.2, 0.25) is 0 Å². The van der Waals surface area contributed by atoms with Crippen molar-refractivity contribution in [3.8, 4) is 0 Å². The molecule has 1 aromatic heterocycles. The number of H-pyrrole nitrogens is 1. The highest BCUT2D eigenvalue weighted by atomic mass is 32.1. The summed E-state index contributed by atoms with van der Waals surface area (Å²) in [6.45, 7) is 1.80. The second-order valence-corrected chi connectivity index (χ2v) is 1.99. The Morgan fingerprint density at radius 3 is 2.62 bits per heavy atom. The molecule has 0 unspecified atom stereocenters. The molecular weight excluding hydrogens is 124 g/mol. The third kappa shape index (κ3) is 0.790. The highest BCUT2D eigenvalue weighted by Crippen LogP contribution is 1.84. The highest BCUT2D eigenvalue weighted by molar-refractivity contribution is 7.78. The molecule has 0 aliphatic rings. The van der Waals surface area contributed by atoms with Gasteiger partial charge in [-0.25, -0.2) is 0 Å². The summed E-state index contributed by atoms with van der Waals surface area (Å²) in [5.74, 6) is 0. The molecule has 0 saturated heterocycles. The monoisotopic (exact) mass is 130 g/mol. The Morgan fingerprint density at radius 2 is 2.50 bits per heavy atom. The van der Waals surface area contributed by atoms with Crippen molar-refractivity contribution in [3.63, 3.8) is 0 Å². The van der Waals surface area contributed by atoms with Gasteiger partial charge in [-0.2, -0.15) is 4.09 Å². The van der Waals surface area contributed by atoms with Gasteiger partial charge in [0.25, 0.3) is 5.56 Å². The molecule has 0 amide bonds. The average Bonchev–Trinajstić information content (AvgIpc) is 1.85. The predicted molar refractivity (Wildman–Crippen MR) is 34.2 cm³/mol. The van der Waals surface area contributed by atoms with Crippen molar-refractivity contribution in [2.45, 2.75) is 6.92 Å². The molecule has 0 aliphatic heterocycles. The smallest absolute Gasteiger partial charge is 0.276 e. The van der Waals surface area contributed by atoms with E-state index in [0.29, 0.717) is 0 Å². The zero-order chi connectivity index (χ0) is 6.15. The normalized spacial score (nSPS) is 9.75. The van der Waals surface area contributed by atoms with Gasteiger partial charge in [-0.15, -0.1) is 0 Å². The Balaban J connectivity index is 3.35. The van der Waals surface area contributed by atoms with Crippen molar-refractivity contribution in [3.05, 3.63) is 22.1 Å². The summed E-state index contributed by atoms with van der Waals surface area (Å²) in [6, 6.07) is 1.48. The molecule has 8 heavy (non-hydrogen) atoms. The lowest BCUT2D eigenvalue weighted by Crippen LogP contribution is -2.04. The van der Waals surface area contributed by atoms with E-state index in [1.165, 1.54) is 6.07 Å². The maximum atomic E-state index is 10.5. The number of aryl methyl sites for hydroxylation is 1. The molecule has 0 aliphatic carbocycles. The minimum Gasteiger partial charge on any atom is -0.290 e. The molecular formula is C4H6N2OS. The van der Waals surface area contributed by atoms with Crippen LogP contribution in [0.1, 0.15) is 5.69 Å². The summed E-state index contributed by atoms with van der Waals surface area (Å²) in [4.78, 5) is 10.5. The van der Waals surface area contributed by atoms with Gasteiger partial charge in [0.05, 0.1) is 0 Å². The lowest BCUT2D eigenvalue weighted by atomic mass is 10.5. The first-order valence-electron chi connectivity index (χ1n) is 2.18. The Hall–Kier alpha value is -0.640. The molecule has 0 fully saturated rings. The van der Waals surface area contributed by atoms with E-state index in [0.717, 1.165) is 9.78 Å². The van der Waals surface area contributed by atoms with Crippen molar-refractivity contribution >= 4 is 12.8 Å². The highest BCUT2D eigenvalue weighted by Gasteiger charge is 1.90. The maximum absolute atomic E-state index is 10.5. The van der Waals surface area contributed by atoms with E-state index in [4.69, 9.17) is 0 Å². The second kappa shape index (κ2) is 1.70. The number of thiol groups is 1. The summed E-state index contributed by atoms with van der Waals surface area (Å²) < 4.78 is 1.13. The van der Waals surface area contributed by atoms with E-state index >= 15 is 0 Å².